The Morgan fingerprint density at radius 1 is 1.11 bits per heavy atom. The van der Waals surface area contributed by atoms with E-state index in [1.165, 1.54) is 0 Å². The number of aromatic nitrogens is 2. The van der Waals surface area contributed by atoms with Gasteiger partial charge in [0, 0.05) is 24.6 Å². The van der Waals surface area contributed by atoms with Gasteiger partial charge in [-0.3, -0.25) is 9.69 Å². The van der Waals surface area contributed by atoms with Gasteiger partial charge in [0.15, 0.2) is 11.5 Å². The topological polar surface area (TPSA) is 82.6 Å². The van der Waals surface area contributed by atoms with Crippen LogP contribution < -0.4 is 15.2 Å². The Bertz CT molecular complexity index is 1210. The van der Waals surface area contributed by atoms with Crippen molar-refractivity contribution in [2.45, 2.75) is 31.7 Å². The van der Waals surface area contributed by atoms with Crippen molar-refractivity contribution in [1.29, 1.82) is 0 Å². The number of hydrogen-bond donors (Lipinski definition) is 1. The van der Waals surface area contributed by atoms with Crippen molar-refractivity contribution >= 4 is 5.91 Å². The second-order valence-corrected chi connectivity index (χ2v) is 9.29. The number of hydrogen-bond acceptors (Lipinski definition) is 5. The van der Waals surface area contributed by atoms with Crippen molar-refractivity contribution in [2.24, 2.45) is 11.7 Å². The first-order valence-electron chi connectivity index (χ1n) is 12.2. The molecule has 1 unspecified atom stereocenters. The Kier molecular flexibility index (Phi) is 6.59. The maximum Gasteiger partial charge on any atom is 0.267 e. The quantitative estimate of drug-likeness (QED) is 0.475. The van der Waals surface area contributed by atoms with Crippen molar-refractivity contribution in [3.05, 3.63) is 72.7 Å². The third-order valence-corrected chi connectivity index (χ3v) is 7.22. The Hall–Kier alpha value is -3.58. The number of imidazole rings is 1. The van der Waals surface area contributed by atoms with Crippen LogP contribution in [0.2, 0.25) is 0 Å². The molecule has 0 bridgehead atoms. The number of carbonyl (C=O) groups is 1. The number of methoxy groups -OCH3 is 1. The fraction of sp³-hybridized carbons (Fsp3) is 0.357. The van der Waals surface area contributed by atoms with Crippen LogP contribution in [0.4, 0.5) is 0 Å². The molecular formula is C28H32N4O3. The molecule has 0 aliphatic carbocycles. The molecule has 1 fully saturated rings. The Labute approximate surface area is 206 Å². The van der Waals surface area contributed by atoms with E-state index in [-0.39, 0.29) is 0 Å². The highest BCUT2D eigenvalue weighted by atomic mass is 16.5. The van der Waals surface area contributed by atoms with Gasteiger partial charge in [0.2, 0.25) is 0 Å². The normalized spacial score (nSPS) is 18.3. The molecule has 7 nitrogen and oxygen atoms in total. The molecule has 2 aromatic carbocycles. The average Bonchev–Trinajstić information content (AvgIpc) is 3.45. The second kappa shape index (κ2) is 9.96. The third-order valence-electron chi connectivity index (χ3n) is 7.22. The first-order valence-corrected chi connectivity index (χ1v) is 12.2. The number of fused-ring (bicyclic) bond motifs is 1. The van der Waals surface area contributed by atoms with Gasteiger partial charge in [-0.2, -0.15) is 0 Å². The van der Waals surface area contributed by atoms with Gasteiger partial charge >= 0.3 is 0 Å². The zero-order valence-electron chi connectivity index (χ0n) is 20.2. The summed E-state index contributed by atoms with van der Waals surface area (Å²) in [7, 11) is 1.61. The second-order valence-electron chi connectivity index (χ2n) is 9.29. The van der Waals surface area contributed by atoms with E-state index < -0.39 is 5.91 Å². The largest absolute Gasteiger partial charge is 0.493 e. The molecule has 35 heavy (non-hydrogen) atoms. The lowest BCUT2D eigenvalue weighted by atomic mass is 9.83. The summed E-state index contributed by atoms with van der Waals surface area (Å²) in [6.45, 7) is 7.71. The highest BCUT2D eigenvalue weighted by Crippen LogP contribution is 2.43. The van der Waals surface area contributed by atoms with Crippen LogP contribution in [0.15, 0.2) is 61.2 Å². The summed E-state index contributed by atoms with van der Waals surface area (Å²) in [6, 6.07) is 15.2. The molecule has 3 aromatic rings. The predicted octanol–water partition coefficient (Wildman–Crippen LogP) is 4.84. The molecular weight excluding hydrogens is 440 g/mol. The van der Waals surface area contributed by atoms with Gasteiger partial charge in [0.1, 0.15) is 23.0 Å². The van der Waals surface area contributed by atoms with Gasteiger partial charge in [0.05, 0.1) is 7.11 Å². The van der Waals surface area contributed by atoms with Crippen LogP contribution >= 0.6 is 0 Å². The molecule has 0 saturated carbocycles. The van der Waals surface area contributed by atoms with Crippen LogP contribution in [-0.2, 0) is 6.54 Å². The van der Waals surface area contributed by atoms with Crippen LogP contribution in [0, 0.1) is 5.92 Å². The summed E-state index contributed by atoms with van der Waals surface area (Å²) >= 11 is 0. The number of para-hydroxylation sites is 1. The highest BCUT2D eigenvalue weighted by molar-refractivity contribution is 5.97. The van der Waals surface area contributed by atoms with E-state index in [0.29, 0.717) is 34.7 Å². The molecule has 2 aliphatic rings. The molecule has 182 valence electrons. The monoisotopic (exact) mass is 472 g/mol. The zero-order chi connectivity index (χ0) is 24.4. The van der Waals surface area contributed by atoms with Crippen molar-refractivity contribution in [3.8, 4) is 28.5 Å². The molecule has 0 radical (unpaired) electrons. The standard InChI is InChI=1S/C28H32N4O3/c1-3-14-31-15-11-19(12-16-31)22-13-17-32-26(27(29)33)25(30-28(22)32)20-9-10-23(24(18-20)34-2)35-21-7-5-4-6-8-21/h3-10,18-19,22H,1,11-17H2,2H3,(H2,29,33). The predicted molar refractivity (Wildman–Crippen MR) is 136 cm³/mol. The van der Waals surface area contributed by atoms with Crippen molar-refractivity contribution in [3.63, 3.8) is 0 Å². The van der Waals surface area contributed by atoms with E-state index in [1.54, 1.807) is 7.11 Å². The number of nitrogens with zero attached hydrogens (tertiary/aromatic N) is 3. The highest BCUT2D eigenvalue weighted by Gasteiger charge is 2.37. The molecule has 1 saturated heterocycles. The minimum absolute atomic E-state index is 0.343. The van der Waals surface area contributed by atoms with E-state index in [1.807, 2.05) is 59.2 Å². The molecule has 1 aromatic heterocycles. The fourth-order valence-corrected chi connectivity index (χ4v) is 5.51. The molecule has 7 heteroatoms. The third kappa shape index (κ3) is 4.56. The minimum atomic E-state index is -0.455. The number of primary amides is 1. The lowest BCUT2D eigenvalue weighted by molar-refractivity contribution is 0.0992. The van der Waals surface area contributed by atoms with Crippen molar-refractivity contribution < 1.29 is 14.3 Å². The lowest BCUT2D eigenvalue weighted by Gasteiger charge is -2.33. The number of likely N-dealkylation sites (tertiary alicyclic amines) is 1. The smallest absolute Gasteiger partial charge is 0.267 e. The van der Waals surface area contributed by atoms with E-state index >= 15 is 0 Å². The summed E-state index contributed by atoms with van der Waals surface area (Å²) < 4.78 is 13.7. The minimum Gasteiger partial charge on any atom is -0.493 e. The summed E-state index contributed by atoms with van der Waals surface area (Å²) in [5, 5.41) is 0. The van der Waals surface area contributed by atoms with Gasteiger partial charge < -0.3 is 19.8 Å². The van der Waals surface area contributed by atoms with Crippen LogP contribution in [0.3, 0.4) is 0 Å². The van der Waals surface area contributed by atoms with E-state index in [2.05, 4.69) is 11.5 Å². The summed E-state index contributed by atoms with van der Waals surface area (Å²) in [4.78, 5) is 20.0. The first-order chi connectivity index (χ1) is 17.1. The average molecular weight is 473 g/mol. The lowest BCUT2D eigenvalue weighted by Crippen LogP contribution is -2.35. The maximum atomic E-state index is 12.6. The summed E-state index contributed by atoms with van der Waals surface area (Å²) in [5.74, 6) is 3.32. The number of benzene rings is 2. The van der Waals surface area contributed by atoms with E-state index in [0.717, 1.165) is 62.6 Å². The molecule has 0 spiro atoms. The Balaban J connectivity index is 1.44. The van der Waals surface area contributed by atoms with Crippen LogP contribution in [0.25, 0.3) is 11.3 Å². The fourth-order valence-electron chi connectivity index (χ4n) is 5.51. The van der Waals surface area contributed by atoms with Crippen LogP contribution in [0.1, 0.15) is 41.5 Å². The number of rotatable bonds is 8. The van der Waals surface area contributed by atoms with Gasteiger partial charge in [-0.1, -0.05) is 24.3 Å². The van der Waals surface area contributed by atoms with Crippen LogP contribution in [-0.4, -0.2) is 47.1 Å². The van der Waals surface area contributed by atoms with E-state index in [9.17, 15) is 4.79 Å². The van der Waals surface area contributed by atoms with E-state index in [4.69, 9.17) is 20.2 Å². The van der Waals surface area contributed by atoms with Gasteiger partial charge in [-0.05, 0) is 68.6 Å². The first kappa shape index (κ1) is 23.2. The molecule has 1 atom stereocenters. The molecule has 2 aliphatic heterocycles. The van der Waals surface area contributed by atoms with Crippen molar-refractivity contribution in [1.82, 2.24) is 14.5 Å². The molecule has 3 heterocycles. The Morgan fingerprint density at radius 3 is 2.57 bits per heavy atom. The number of piperidine rings is 1. The van der Waals surface area contributed by atoms with Gasteiger partial charge in [0.25, 0.3) is 5.91 Å². The number of nitrogens with two attached hydrogens (primary N) is 1. The number of carbonyl (C=O) groups excluding carboxylic acids is 1. The zero-order valence-corrected chi connectivity index (χ0v) is 20.2. The number of ether oxygens (including phenoxy) is 2. The number of amides is 1. The van der Waals surface area contributed by atoms with Crippen molar-refractivity contribution in [2.75, 3.05) is 26.7 Å². The molecule has 5 rings (SSSR count). The molecule has 1 amide bonds. The summed E-state index contributed by atoms with van der Waals surface area (Å²) in [5.41, 5.74) is 7.76. The maximum absolute atomic E-state index is 12.6. The SMILES string of the molecule is C=CCN1CCC(C2CCn3c2nc(-c2ccc(Oc4ccccc4)c(OC)c2)c3C(N)=O)CC1. The summed E-state index contributed by atoms with van der Waals surface area (Å²) in [6.07, 6.45) is 5.23. The Morgan fingerprint density at radius 2 is 1.89 bits per heavy atom. The van der Waals surface area contributed by atoms with Crippen LogP contribution in [0.5, 0.6) is 17.2 Å². The van der Waals surface area contributed by atoms with Gasteiger partial charge in [-0.15, -0.1) is 6.58 Å². The van der Waals surface area contributed by atoms with Gasteiger partial charge in [-0.25, -0.2) is 4.98 Å². The molecule has 2 N–H and O–H groups in total.